The van der Waals surface area contributed by atoms with Gasteiger partial charge in [-0.2, -0.15) is 5.26 Å². The van der Waals surface area contributed by atoms with Gasteiger partial charge in [0.1, 0.15) is 6.04 Å². The minimum atomic E-state index is -0.839. The van der Waals surface area contributed by atoms with Crippen LogP contribution in [0, 0.1) is 11.3 Å². The van der Waals surface area contributed by atoms with Gasteiger partial charge in [-0.15, -0.1) is 11.3 Å². The van der Waals surface area contributed by atoms with Gasteiger partial charge in [0.2, 0.25) is 5.91 Å². The van der Waals surface area contributed by atoms with E-state index in [1.165, 1.54) is 16.9 Å². The smallest absolute Gasteiger partial charge is 0.264 e. The molecule has 2 fully saturated rings. The number of piperidine rings is 1. The van der Waals surface area contributed by atoms with Crippen LogP contribution in [0.1, 0.15) is 40.1 Å². The van der Waals surface area contributed by atoms with Crippen molar-refractivity contribution in [2.45, 2.75) is 37.9 Å². The van der Waals surface area contributed by atoms with Gasteiger partial charge < -0.3 is 4.90 Å². The number of carbonyl (C=O) groups is 3. The number of likely N-dealkylation sites (tertiary alicyclic amines) is 1. The van der Waals surface area contributed by atoms with Crippen molar-refractivity contribution in [3.63, 3.8) is 0 Å². The van der Waals surface area contributed by atoms with E-state index in [-0.39, 0.29) is 30.2 Å². The molecule has 3 aromatic rings. The highest BCUT2D eigenvalue weighted by molar-refractivity contribution is 7.12. The SMILES string of the molecule is N#Cc1ccc(N2C(=O)CC(N(C(=O)c3cccs3)C3CCN(Cc4ccccc4)CC3)C2=O)cc1. The summed E-state index contributed by atoms with van der Waals surface area (Å²) in [5, 5.41) is 10.9. The molecule has 3 amide bonds. The van der Waals surface area contributed by atoms with E-state index < -0.39 is 6.04 Å². The molecular formula is C28H26N4O3S. The van der Waals surface area contributed by atoms with E-state index in [0.717, 1.165) is 37.4 Å². The Hall–Kier alpha value is -3.80. The molecule has 0 bridgehead atoms. The molecule has 36 heavy (non-hydrogen) atoms. The highest BCUT2D eigenvalue weighted by atomic mass is 32.1. The van der Waals surface area contributed by atoms with Gasteiger partial charge in [0.25, 0.3) is 11.8 Å². The van der Waals surface area contributed by atoms with Crippen LogP contribution < -0.4 is 4.90 Å². The Balaban J connectivity index is 1.36. The second-order valence-corrected chi connectivity index (χ2v) is 10.1. The molecule has 5 rings (SSSR count). The minimum Gasteiger partial charge on any atom is -0.322 e. The number of rotatable bonds is 6. The molecule has 8 heteroatoms. The molecular weight excluding hydrogens is 472 g/mol. The molecule has 2 aromatic carbocycles. The summed E-state index contributed by atoms with van der Waals surface area (Å²) >= 11 is 1.35. The van der Waals surface area contributed by atoms with Crippen LogP contribution in [0.4, 0.5) is 5.69 Å². The number of anilines is 1. The lowest BCUT2D eigenvalue weighted by atomic mass is 9.99. The number of hydrogen-bond acceptors (Lipinski definition) is 6. The molecule has 2 saturated heterocycles. The van der Waals surface area contributed by atoms with Gasteiger partial charge in [-0.1, -0.05) is 36.4 Å². The predicted octanol–water partition coefficient (Wildman–Crippen LogP) is 4.06. The van der Waals surface area contributed by atoms with Crippen LogP contribution >= 0.6 is 11.3 Å². The number of carbonyl (C=O) groups excluding carboxylic acids is 3. The molecule has 2 aliphatic heterocycles. The van der Waals surface area contributed by atoms with Crippen molar-refractivity contribution in [2.75, 3.05) is 18.0 Å². The number of thiophene rings is 1. The summed E-state index contributed by atoms with van der Waals surface area (Å²) in [4.78, 5) is 46.0. The Bertz CT molecular complexity index is 1280. The highest BCUT2D eigenvalue weighted by Crippen LogP contribution is 2.31. The molecule has 3 heterocycles. The van der Waals surface area contributed by atoms with Crippen LogP contribution in [0.3, 0.4) is 0 Å². The zero-order valence-electron chi connectivity index (χ0n) is 19.7. The van der Waals surface area contributed by atoms with Gasteiger partial charge in [-0.05, 0) is 54.1 Å². The molecule has 0 saturated carbocycles. The summed E-state index contributed by atoms with van der Waals surface area (Å²) < 4.78 is 0. The summed E-state index contributed by atoms with van der Waals surface area (Å²) in [6.07, 6.45) is 1.43. The maximum atomic E-state index is 13.6. The number of nitriles is 1. The maximum absolute atomic E-state index is 13.6. The second kappa shape index (κ2) is 10.4. The van der Waals surface area contributed by atoms with Gasteiger partial charge in [-0.3, -0.25) is 19.3 Å². The molecule has 182 valence electrons. The fourth-order valence-corrected chi connectivity index (χ4v) is 5.74. The van der Waals surface area contributed by atoms with E-state index in [0.29, 0.717) is 16.1 Å². The number of hydrogen-bond donors (Lipinski definition) is 0. The van der Waals surface area contributed by atoms with Crippen molar-refractivity contribution >= 4 is 34.7 Å². The molecule has 0 spiro atoms. The number of benzene rings is 2. The van der Waals surface area contributed by atoms with Gasteiger partial charge in [0, 0.05) is 25.7 Å². The van der Waals surface area contributed by atoms with Crippen LogP contribution in [0.25, 0.3) is 0 Å². The van der Waals surface area contributed by atoms with Crippen LogP contribution in [-0.4, -0.2) is 52.7 Å². The van der Waals surface area contributed by atoms with E-state index >= 15 is 0 Å². The predicted molar refractivity (Wildman–Crippen MR) is 137 cm³/mol. The van der Waals surface area contributed by atoms with Gasteiger partial charge in [0.05, 0.1) is 28.6 Å². The Morgan fingerprint density at radius 1 is 1.00 bits per heavy atom. The normalized spacial score (nSPS) is 18.9. The number of amides is 3. The van der Waals surface area contributed by atoms with E-state index in [1.54, 1.807) is 35.2 Å². The molecule has 7 nitrogen and oxygen atoms in total. The third kappa shape index (κ3) is 4.81. The summed E-state index contributed by atoms with van der Waals surface area (Å²) in [5.74, 6) is -0.916. The first-order chi connectivity index (χ1) is 17.5. The lowest BCUT2D eigenvalue weighted by Crippen LogP contribution is -2.54. The van der Waals surface area contributed by atoms with Crippen molar-refractivity contribution < 1.29 is 14.4 Å². The van der Waals surface area contributed by atoms with Crippen LogP contribution in [0.15, 0.2) is 72.1 Å². The zero-order chi connectivity index (χ0) is 25.1. The highest BCUT2D eigenvalue weighted by Gasteiger charge is 2.47. The quantitative estimate of drug-likeness (QED) is 0.479. The molecule has 0 N–H and O–H groups in total. The first kappa shape index (κ1) is 23.9. The average Bonchev–Trinajstić information content (AvgIpc) is 3.54. The largest absolute Gasteiger partial charge is 0.322 e. The van der Waals surface area contributed by atoms with Crippen molar-refractivity contribution in [2.24, 2.45) is 0 Å². The summed E-state index contributed by atoms with van der Waals surface area (Å²) in [7, 11) is 0. The van der Waals surface area contributed by atoms with Gasteiger partial charge in [-0.25, -0.2) is 4.90 Å². The summed E-state index contributed by atoms with van der Waals surface area (Å²) in [6, 6.07) is 21.3. The molecule has 1 aromatic heterocycles. The third-order valence-corrected chi connectivity index (χ3v) is 7.74. The molecule has 1 atom stereocenters. The monoisotopic (exact) mass is 498 g/mol. The number of imide groups is 1. The zero-order valence-corrected chi connectivity index (χ0v) is 20.6. The Morgan fingerprint density at radius 3 is 2.36 bits per heavy atom. The Morgan fingerprint density at radius 2 is 1.72 bits per heavy atom. The third-order valence-electron chi connectivity index (χ3n) is 6.88. The maximum Gasteiger partial charge on any atom is 0.264 e. The first-order valence-electron chi connectivity index (χ1n) is 12.0. The topological polar surface area (TPSA) is 84.7 Å². The fourth-order valence-electron chi connectivity index (χ4n) is 5.08. The first-order valence-corrected chi connectivity index (χ1v) is 12.9. The van der Waals surface area contributed by atoms with Crippen molar-refractivity contribution in [1.82, 2.24) is 9.80 Å². The van der Waals surface area contributed by atoms with E-state index in [9.17, 15) is 14.4 Å². The second-order valence-electron chi connectivity index (χ2n) is 9.13. The lowest BCUT2D eigenvalue weighted by Gasteiger charge is -2.40. The van der Waals surface area contributed by atoms with E-state index in [1.807, 2.05) is 35.7 Å². The number of nitrogens with zero attached hydrogens (tertiary/aromatic N) is 4. The van der Waals surface area contributed by atoms with Gasteiger partial charge >= 0.3 is 0 Å². The van der Waals surface area contributed by atoms with E-state index in [4.69, 9.17) is 5.26 Å². The Labute approximate surface area is 214 Å². The minimum absolute atomic E-state index is 0.0415. The van der Waals surface area contributed by atoms with E-state index in [2.05, 4.69) is 17.0 Å². The van der Waals surface area contributed by atoms with Crippen LogP contribution in [0.5, 0.6) is 0 Å². The van der Waals surface area contributed by atoms with Gasteiger partial charge in [0.15, 0.2) is 0 Å². The molecule has 2 aliphatic rings. The van der Waals surface area contributed by atoms with Crippen molar-refractivity contribution in [3.8, 4) is 6.07 Å². The molecule has 0 aliphatic carbocycles. The van der Waals surface area contributed by atoms with Crippen LogP contribution in [0.2, 0.25) is 0 Å². The van der Waals surface area contributed by atoms with Crippen molar-refractivity contribution in [1.29, 1.82) is 5.26 Å². The van der Waals surface area contributed by atoms with Crippen molar-refractivity contribution in [3.05, 3.63) is 88.1 Å². The lowest BCUT2D eigenvalue weighted by molar-refractivity contribution is -0.123. The van der Waals surface area contributed by atoms with Crippen LogP contribution in [-0.2, 0) is 16.1 Å². The summed E-state index contributed by atoms with van der Waals surface area (Å²) in [6.45, 7) is 2.46. The average molecular weight is 499 g/mol. The fraction of sp³-hybridized carbons (Fsp3) is 0.286. The molecule has 1 unspecified atom stereocenters. The Kier molecular flexibility index (Phi) is 6.94. The summed E-state index contributed by atoms with van der Waals surface area (Å²) in [5.41, 5.74) is 2.12. The molecule has 0 radical (unpaired) electrons. The standard InChI is InChI=1S/C28H26N4O3S/c29-18-20-8-10-22(11-9-20)32-26(33)17-24(27(32)34)31(28(35)25-7-4-16-36-25)23-12-14-30(15-13-23)19-21-5-2-1-3-6-21/h1-11,16,23-24H,12-15,17,19H2.